The molecule has 0 radical (unpaired) electrons. The molecule has 0 bridgehead atoms. The molecule has 0 fully saturated rings. The molecular formula is C17H37IS. The summed E-state index contributed by atoms with van der Waals surface area (Å²) in [5.41, 5.74) is 0. The second-order valence-corrected chi connectivity index (χ2v) is 14.6. The minimum Gasteiger partial charge on any atom is -0.187 e. The lowest BCUT2D eigenvalue weighted by Gasteiger charge is -2.34. The zero-order valence-corrected chi connectivity index (χ0v) is 16.7. The van der Waals surface area contributed by atoms with Gasteiger partial charge < -0.3 is 0 Å². The molecule has 0 aliphatic carbocycles. The van der Waals surface area contributed by atoms with Gasteiger partial charge in [-0.3, -0.25) is 0 Å². The van der Waals surface area contributed by atoms with E-state index in [0.717, 1.165) is 0 Å². The van der Waals surface area contributed by atoms with Crippen molar-refractivity contribution < 1.29 is 0 Å². The van der Waals surface area contributed by atoms with Crippen LogP contribution in [0.25, 0.3) is 0 Å². The number of hydrogen-bond donors (Lipinski definition) is 0. The molecule has 0 atom stereocenters. The molecule has 0 amide bonds. The van der Waals surface area contributed by atoms with Crippen molar-refractivity contribution in [1.29, 1.82) is 0 Å². The molecule has 0 saturated heterocycles. The fourth-order valence-electron chi connectivity index (χ4n) is 2.43. The van der Waals surface area contributed by atoms with Gasteiger partial charge in [0.25, 0.3) is 0 Å². The van der Waals surface area contributed by atoms with E-state index in [1.165, 1.54) is 82.1 Å². The summed E-state index contributed by atoms with van der Waals surface area (Å²) < 4.78 is 0. The summed E-state index contributed by atoms with van der Waals surface area (Å²) in [6.45, 7) is 6.98. The van der Waals surface area contributed by atoms with Crippen molar-refractivity contribution in [2.75, 3.05) is 17.3 Å². The number of rotatable bonds is 14. The second-order valence-electron chi connectivity index (χ2n) is 5.88. The molecule has 0 spiro atoms. The highest BCUT2D eigenvalue weighted by molar-refractivity contribution is 14.2. The first kappa shape index (κ1) is 20.1. The molecule has 118 valence electrons. The van der Waals surface area contributed by atoms with Crippen LogP contribution in [0.2, 0.25) is 0 Å². The third-order valence-electron chi connectivity index (χ3n) is 3.84. The molecule has 0 rings (SSSR count). The van der Waals surface area contributed by atoms with Crippen molar-refractivity contribution in [3.63, 3.8) is 0 Å². The quantitative estimate of drug-likeness (QED) is 0.209. The van der Waals surface area contributed by atoms with Gasteiger partial charge in [-0.2, -0.15) is 7.20 Å². The molecule has 0 N–H and O–H groups in total. The highest BCUT2D eigenvalue weighted by Crippen LogP contribution is 2.58. The van der Waals surface area contributed by atoms with Gasteiger partial charge in [-0.25, -0.2) is 0 Å². The van der Waals surface area contributed by atoms with E-state index in [2.05, 4.69) is 42.0 Å². The van der Waals surface area contributed by atoms with Gasteiger partial charge in [0.15, 0.2) is 0 Å². The minimum absolute atomic E-state index is 0.291. The maximum absolute atomic E-state index is 2.88. The first-order valence-corrected chi connectivity index (χ1v) is 13.3. The third-order valence-corrected chi connectivity index (χ3v) is 10.9. The van der Waals surface area contributed by atoms with Gasteiger partial charge in [-0.15, -0.1) is 0 Å². The second kappa shape index (κ2) is 14.0. The van der Waals surface area contributed by atoms with Crippen LogP contribution in [-0.2, 0) is 0 Å². The summed E-state index contributed by atoms with van der Waals surface area (Å²) in [6.07, 6.45) is 15.9. The van der Waals surface area contributed by atoms with Crippen molar-refractivity contribution in [2.24, 2.45) is 0 Å². The largest absolute Gasteiger partial charge is 0.187 e. The van der Waals surface area contributed by atoms with Gasteiger partial charge in [0.2, 0.25) is 0 Å². The summed E-state index contributed by atoms with van der Waals surface area (Å²) in [4.78, 5) is 0. The molecule has 2 heteroatoms. The van der Waals surface area contributed by atoms with Gasteiger partial charge >= 0.3 is 0 Å². The van der Waals surface area contributed by atoms with E-state index in [4.69, 9.17) is 0 Å². The smallest absolute Gasteiger partial charge is 0.0144 e. The predicted octanol–water partition coefficient (Wildman–Crippen LogP) is 7.49. The van der Waals surface area contributed by atoms with Crippen molar-refractivity contribution in [3.05, 3.63) is 0 Å². The van der Waals surface area contributed by atoms with E-state index in [1.807, 2.05) is 0 Å². The first-order valence-electron chi connectivity index (χ1n) is 8.64. The maximum Gasteiger partial charge on any atom is -0.0144 e. The van der Waals surface area contributed by atoms with E-state index in [-0.39, 0.29) is 7.20 Å². The van der Waals surface area contributed by atoms with Gasteiger partial charge in [0, 0.05) is 0 Å². The van der Waals surface area contributed by atoms with Gasteiger partial charge in [-0.05, 0) is 57.7 Å². The normalized spacial score (nSPS) is 12.8. The molecule has 0 nitrogen and oxygen atoms in total. The third kappa shape index (κ3) is 12.5. The van der Waals surface area contributed by atoms with E-state index >= 15 is 0 Å². The van der Waals surface area contributed by atoms with Crippen LogP contribution >= 0.6 is 28.4 Å². The van der Waals surface area contributed by atoms with E-state index in [1.54, 1.807) is 5.75 Å². The molecule has 0 aromatic heterocycles. The Morgan fingerprint density at radius 2 is 0.895 bits per heavy atom. The topological polar surface area (TPSA) is 0 Å². The average molecular weight is 400 g/mol. The molecule has 19 heavy (non-hydrogen) atoms. The monoisotopic (exact) mass is 400 g/mol. The fraction of sp³-hybridized carbons (Fsp3) is 1.00. The van der Waals surface area contributed by atoms with Crippen LogP contribution in [0.1, 0.15) is 91.4 Å². The summed E-state index contributed by atoms with van der Waals surface area (Å²) >= 11 is 2.88. The van der Waals surface area contributed by atoms with Crippen molar-refractivity contribution in [1.82, 2.24) is 0 Å². The Morgan fingerprint density at radius 1 is 0.526 bits per heavy atom. The lowest BCUT2D eigenvalue weighted by Crippen LogP contribution is -2.07. The van der Waals surface area contributed by atoms with Crippen molar-refractivity contribution in [2.45, 2.75) is 91.4 Å². The number of unbranched alkanes of at least 4 members (excludes halogenated alkanes) is 8. The molecule has 0 saturated carbocycles. The Labute approximate surface area is 136 Å². The van der Waals surface area contributed by atoms with Crippen LogP contribution in [0.4, 0.5) is 0 Å². The minimum atomic E-state index is -0.291. The van der Waals surface area contributed by atoms with E-state index in [0.29, 0.717) is 0 Å². The van der Waals surface area contributed by atoms with Crippen LogP contribution in [0.5, 0.6) is 0 Å². The Kier molecular flexibility index (Phi) is 14.8. The standard InChI is InChI=1S/C17H37IS/c1-4-7-10-11-12-13-14-17-19(18,15-8-5-2)16-9-6-3/h4-17H2,1-3H3. The fourth-order valence-corrected chi connectivity index (χ4v) is 8.18. The summed E-state index contributed by atoms with van der Waals surface area (Å²) in [7, 11) is -0.291. The highest BCUT2D eigenvalue weighted by Gasteiger charge is 2.18. The van der Waals surface area contributed by atoms with Crippen LogP contribution in [-0.4, -0.2) is 17.3 Å². The Bertz CT molecular complexity index is 174. The SMILES string of the molecule is CCCCCCCCCS(I)(CCCC)CCCC. The lowest BCUT2D eigenvalue weighted by atomic mass is 10.1. The Morgan fingerprint density at radius 3 is 1.37 bits per heavy atom. The summed E-state index contributed by atoms with van der Waals surface area (Å²) in [5, 5.41) is 0. The molecule has 0 aromatic rings. The molecule has 0 heterocycles. The van der Waals surface area contributed by atoms with Crippen molar-refractivity contribution in [3.8, 4) is 0 Å². The number of hydrogen-bond acceptors (Lipinski definition) is 0. The van der Waals surface area contributed by atoms with Crippen LogP contribution < -0.4 is 0 Å². The molecule has 0 aromatic carbocycles. The summed E-state index contributed by atoms with van der Waals surface area (Å²) in [5.74, 6) is 4.60. The van der Waals surface area contributed by atoms with Crippen LogP contribution in [0.3, 0.4) is 0 Å². The molecule has 0 aliphatic heterocycles. The predicted molar refractivity (Wildman–Crippen MR) is 104 cm³/mol. The highest BCUT2D eigenvalue weighted by atomic mass is 127. The van der Waals surface area contributed by atoms with Gasteiger partial charge in [0.05, 0.1) is 0 Å². The van der Waals surface area contributed by atoms with E-state index < -0.39 is 0 Å². The first-order chi connectivity index (χ1) is 9.18. The molecular weight excluding hydrogens is 363 g/mol. The zero-order valence-electron chi connectivity index (χ0n) is 13.7. The van der Waals surface area contributed by atoms with Crippen LogP contribution in [0, 0.1) is 0 Å². The average Bonchev–Trinajstić information content (AvgIpc) is 2.42. The van der Waals surface area contributed by atoms with E-state index in [9.17, 15) is 0 Å². The van der Waals surface area contributed by atoms with Crippen molar-refractivity contribution >= 4 is 28.4 Å². The summed E-state index contributed by atoms with van der Waals surface area (Å²) in [6, 6.07) is 0. The maximum atomic E-state index is 2.88. The number of halogens is 1. The zero-order chi connectivity index (χ0) is 14.4. The van der Waals surface area contributed by atoms with Gasteiger partial charge in [-0.1, -0.05) is 72.1 Å². The van der Waals surface area contributed by atoms with Crippen LogP contribution in [0.15, 0.2) is 0 Å². The Hall–Kier alpha value is 1.08. The lowest BCUT2D eigenvalue weighted by molar-refractivity contribution is 0.603. The molecule has 0 aliphatic rings. The van der Waals surface area contributed by atoms with Gasteiger partial charge in [0.1, 0.15) is 0 Å². The Balaban J connectivity index is 3.72. The molecule has 0 unspecified atom stereocenters.